The van der Waals surface area contributed by atoms with Crippen molar-refractivity contribution in [2.75, 3.05) is 32.7 Å². The van der Waals surface area contributed by atoms with Crippen LogP contribution in [0.5, 0.6) is 0 Å². The third-order valence-electron chi connectivity index (χ3n) is 5.29. The Bertz CT molecular complexity index is 574. The molecule has 1 aliphatic heterocycles. The minimum absolute atomic E-state index is 0.344. The summed E-state index contributed by atoms with van der Waals surface area (Å²) in [7, 11) is 0. The molecule has 0 aromatic heterocycles. The summed E-state index contributed by atoms with van der Waals surface area (Å²) < 4.78 is 0. The van der Waals surface area contributed by atoms with Gasteiger partial charge in [0.1, 0.15) is 0 Å². The predicted molar refractivity (Wildman–Crippen MR) is 106 cm³/mol. The average molecular weight is 338 g/mol. The van der Waals surface area contributed by atoms with Gasteiger partial charge in [0.15, 0.2) is 0 Å². The predicted octanol–water partition coefficient (Wildman–Crippen LogP) is 3.52. The van der Waals surface area contributed by atoms with Crippen molar-refractivity contribution in [1.82, 2.24) is 9.80 Å². The highest BCUT2D eigenvalue weighted by Gasteiger charge is 2.29. The molecule has 2 aromatic rings. The zero-order valence-corrected chi connectivity index (χ0v) is 15.3. The highest BCUT2D eigenvalue weighted by molar-refractivity contribution is 5.32. The molecule has 134 valence electrons. The van der Waals surface area contributed by atoms with Crippen LogP contribution in [0.4, 0.5) is 0 Å². The third-order valence-corrected chi connectivity index (χ3v) is 5.29. The zero-order valence-electron chi connectivity index (χ0n) is 15.3. The third kappa shape index (κ3) is 4.69. The molecule has 1 atom stereocenters. The molecule has 3 nitrogen and oxygen atoms in total. The Kier molecular flexibility index (Phi) is 6.62. The molecule has 0 radical (unpaired) electrons. The minimum atomic E-state index is 0.344. The van der Waals surface area contributed by atoms with Gasteiger partial charge in [-0.2, -0.15) is 0 Å². The first-order valence-electron chi connectivity index (χ1n) is 9.57. The summed E-state index contributed by atoms with van der Waals surface area (Å²) in [5, 5.41) is 0. The Morgan fingerprint density at radius 1 is 0.920 bits per heavy atom. The first-order chi connectivity index (χ1) is 12.3. The Balaban J connectivity index is 1.75. The Morgan fingerprint density at radius 3 is 2.04 bits per heavy atom. The summed E-state index contributed by atoms with van der Waals surface area (Å²) in [4.78, 5) is 5.27. The number of nitrogens with zero attached hydrogens (tertiary/aromatic N) is 2. The van der Waals surface area contributed by atoms with Gasteiger partial charge >= 0.3 is 0 Å². The van der Waals surface area contributed by atoms with Gasteiger partial charge in [-0.3, -0.25) is 9.80 Å². The lowest BCUT2D eigenvalue weighted by atomic mass is 9.95. The average Bonchev–Trinajstić information content (AvgIpc) is 2.66. The molecule has 2 aromatic carbocycles. The molecular weight excluding hydrogens is 306 g/mol. The molecule has 0 aliphatic carbocycles. The summed E-state index contributed by atoms with van der Waals surface area (Å²) in [6.45, 7) is 7.70. The van der Waals surface area contributed by atoms with Gasteiger partial charge in [-0.15, -0.1) is 0 Å². The molecule has 1 heterocycles. The molecule has 2 N–H and O–H groups in total. The standard InChI is InChI=1S/C22H31N3/c1-19-18-25(17-16-24(19)15-9-8-14-23)22(20-10-4-2-5-11-20)21-12-6-3-7-13-21/h2-7,10-13,19,22H,8-9,14-18,23H2,1H3. The van der Waals surface area contributed by atoms with Crippen LogP contribution in [0, 0.1) is 0 Å². The lowest BCUT2D eigenvalue weighted by molar-refractivity contribution is 0.0643. The molecule has 0 amide bonds. The fraction of sp³-hybridized carbons (Fsp3) is 0.455. The SMILES string of the molecule is CC1CN(C(c2ccccc2)c2ccccc2)CCN1CCCCN. The van der Waals surface area contributed by atoms with E-state index in [0.717, 1.165) is 32.6 Å². The van der Waals surface area contributed by atoms with E-state index in [-0.39, 0.29) is 0 Å². The van der Waals surface area contributed by atoms with Gasteiger partial charge in [0.2, 0.25) is 0 Å². The van der Waals surface area contributed by atoms with Crippen molar-refractivity contribution >= 4 is 0 Å². The van der Waals surface area contributed by atoms with Crippen LogP contribution in [0.1, 0.15) is 36.9 Å². The smallest absolute Gasteiger partial charge is 0.0602 e. The number of benzene rings is 2. The van der Waals surface area contributed by atoms with Crippen molar-refractivity contribution < 1.29 is 0 Å². The molecule has 0 saturated carbocycles. The summed E-state index contributed by atoms with van der Waals surface area (Å²) in [5.74, 6) is 0. The van der Waals surface area contributed by atoms with E-state index in [9.17, 15) is 0 Å². The van der Waals surface area contributed by atoms with Crippen LogP contribution in [-0.2, 0) is 0 Å². The Labute approximate surface area is 152 Å². The number of piperazine rings is 1. The maximum absolute atomic E-state index is 5.64. The molecule has 0 spiro atoms. The van der Waals surface area contributed by atoms with E-state index in [1.807, 2.05) is 0 Å². The van der Waals surface area contributed by atoms with E-state index in [0.29, 0.717) is 12.1 Å². The molecule has 1 unspecified atom stereocenters. The van der Waals surface area contributed by atoms with Gasteiger partial charge in [-0.1, -0.05) is 60.7 Å². The van der Waals surface area contributed by atoms with Crippen LogP contribution < -0.4 is 5.73 Å². The van der Waals surface area contributed by atoms with Gasteiger partial charge in [-0.25, -0.2) is 0 Å². The Morgan fingerprint density at radius 2 is 1.52 bits per heavy atom. The van der Waals surface area contributed by atoms with Crippen LogP contribution >= 0.6 is 0 Å². The topological polar surface area (TPSA) is 32.5 Å². The lowest BCUT2D eigenvalue weighted by Gasteiger charge is -2.43. The normalized spacial score (nSPS) is 19.4. The summed E-state index contributed by atoms with van der Waals surface area (Å²) in [6.07, 6.45) is 2.34. The molecule has 25 heavy (non-hydrogen) atoms. The molecule has 3 rings (SSSR count). The first kappa shape index (κ1) is 18.1. The monoisotopic (exact) mass is 337 g/mol. The van der Waals surface area contributed by atoms with Crippen molar-refractivity contribution in [2.24, 2.45) is 5.73 Å². The van der Waals surface area contributed by atoms with E-state index in [1.54, 1.807) is 0 Å². The first-order valence-corrected chi connectivity index (χ1v) is 9.57. The fourth-order valence-electron chi connectivity index (χ4n) is 3.93. The van der Waals surface area contributed by atoms with Crippen molar-refractivity contribution in [3.63, 3.8) is 0 Å². The fourth-order valence-corrected chi connectivity index (χ4v) is 3.93. The van der Waals surface area contributed by atoms with Crippen molar-refractivity contribution in [3.8, 4) is 0 Å². The lowest BCUT2D eigenvalue weighted by Crippen LogP contribution is -2.53. The number of nitrogens with two attached hydrogens (primary N) is 1. The minimum Gasteiger partial charge on any atom is -0.330 e. The highest BCUT2D eigenvalue weighted by atomic mass is 15.3. The maximum atomic E-state index is 5.64. The van der Waals surface area contributed by atoms with E-state index in [1.165, 1.54) is 24.1 Å². The van der Waals surface area contributed by atoms with Crippen LogP contribution in [0.25, 0.3) is 0 Å². The van der Waals surface area contributed by atoms with Crippen LogP contribution in [-0.4, -0.2) is 48.6 Å². The Hall–Kier alpha value is -1.68. The van der Waals surface area contributed by atoms with Crippen LogP contribution in [0.15, 0.2) is 60.7 Å². The number of rotatable bonds is 7. The molecule has 1 saturated heterocycles. The quantitative estimate of drug-likeness (QED) is 0.785. The van der Waals surface area contributed by atoms with E-state index < -0.39 is 0 Å². The van der Waals surface area contributed by atoms with E-state index in [4.69, 9.17) is 5.73 Å². The number of unbranched alkanes of at least 4 members (excludes halogenated alkanes) is 1. The van der Waals surface area contributed by atoms with Crippen LogP contribution in [0.3, 0.4) is 0 Å². The number of hydrogen-bond acceptors (Lipinski definition) is 3. The summed E-state index contributed by atoms with van der Waals surface area (Å²) in [6, 6.07) is 22.8. The molecule has 3 heteroatoms. The largest absolute Gasteiger partial charge is 0.330 e. The van der Waals surface area contributed by atoms with Gasteiger partial charge in [0.05, 0.1) is 6.04 Å². The second-order valence-corrected chi connectivity index (χ2v) is 7.10. The van der Waals surface area contributed by atoms with Crippen LogP contribution in [0.2, 0.25) is 0 Å². The zero-order chi connectivity index (χ0) is 17.5. The van der Waals surface area contributed by atoms with Crippen molar-refractivity contribution in [1.29, 1.82) is 0 Å². The molecular formula is C22H31N3. The second-order valence-electron chi connectivity index (χ2n) is 7.10. The molecule has 1 aliphatic rings. The van der Waals surface area contributed by atoms with Gasteiger partial charge in [-0.05, 0) is 44.0 Å². The van der Waals surface area contributed by atoms with Crippen molar-refractivity contribution in [2.45, 2.75) is 31.8 Å². The number of hydrogen-bond donors (Lipinski definition) is 1. The van der Waals surface area contributed by atoms with E-state index in [2.05, 4.69) is 77.4 Å². The summed E-state index contributed by atoms with van der Waals surface area (Å²) in [5.41, 5.74) is 8.42. The highest BCUT2D eigenvalue weighted by Crippen LogP contribution is 2.30. The van der Waals surface area contributed by atoms with Crippen molar-refractivity contribution in [3.05, 3.63) is 71.8 Å². The van der Waals surface area contributed by atoms with Gasteiger partial charge in [0.25, 0.3) is 0 Å². The van der Waals surface area contributed by atoms with E-state index >= 15 is 0 Å². The summed E-state index contributed by atoms with van der Waals surface area (Å²) >= 11 is 0. The van der Waals surface area contributed by atoms with Gasteiger partial charge in [0, 0.05) is 25.7 Å². The van der Waals surface area contributed by atoms with Gasteiger partial charge < -0.3 is 5.73 Å². The molecule has 1 fully saturated rings. The molecule has 0 bridgehead atoms. The maximum Gasteiger partial charge on any atom is 0.0602 e. The second kappa shape index (κ2) is 9.14.